The number of likely N-dealkylation sites (tertiary alicyclic amines) is 1. The van der Waals surface area contributed by atoms with Gasteiger partial charge in [-0.1, -0.05) is 68.8 Å². The van der Waals surface area contributed by atoms with Crippen LogP contribution in [0.2, 0.25) is 0 Å². The van der Waals surface area contributed by atoms with Crippen LogP contribution >= 0.6 is 0 Å². The SMILES string of the molecule is C=CCN1CC[C@@]2(c3cccc(OC(C)=O)c3)C[C@H](N(CC(C)C)C(=O)CCCCCc3ccccc3)CC[C@@H]2C1. The van der Waals surface area contributed by atoms with Crippen molar-refractivity contribution in [1.29, 1.82) is 0 Å². The van der Waals surface area contributed by atoms with Gasteiger partial charge in [-0.2, -0.15) is 0 Å². The van der Waals surface area contributed by atoms with Crippen LogP contribution in [-0.4, -0.2) is 53.9 Å². The van der Waals surface area contributed by atoms with Crippen LogP contribution in [0.5, 0.6) is 5.75 Å². The molecule has 0 radical (unpaired) electrons. The summed E-state index contributed by atoms with van der Waals surface area (Å²) in [6, 6.07) is 19.0. The van der Waals surface area contributed by atoms with Gasteiger partial charge in [0.05, 0.1) is 0 Å². The van der Waals surface area contributed by atoms with E-state index in [0.29, 0.717) is 29.9 Å². The topological polar surface area (TPSA) is 49.9 Å². The maximum absolute atomic E-state index is 13.8. The van der Waals surface area contributed by atoms with Crippen molar-refractivity contribution in [1.82, 2.24) is 9.80 Å². The van der Waals surface area contributed by atoms with Crippen molar-refractivity contribution < 1.29 is 14.3 Å². The van der Waals surface area contributed by atoms with Crippen LogP contribution in [0.25, 0.3) is 0 Å². The van der Waals surface area contributed by atoms with Crippen LogP contribution in [0, 0.1) is 11.8 Å². The zero-order chi connectivity index (χ0) is 29.2. The van der Waals surface area contributed by atoms with E-state index in [2.05, 4.69) is 72.7 Å². The van der Waals surface area contributed by atoms with Crippen LogP contribution < -0.4 is 4.74 Å². The van der Waals surface area contributed by atoms with Crippen molar-refractivity contribution in [3.05, 3.63) is 78.4 Å². The van der Waals surface area contributed by atoms with Crippen molar-refractivity contribution in [3.8, 4) is 5.75 Å². The van der Waals surface area contributed by atoms with Gasteiger partial charge in [0.15, 0.2) is 0 Å². The van der Waals surface area contributed by atoms with E-state index in [-0.39, 0.29) is 17.4 Å². The van der Waals surface area contributed by atoms with Gasteiger partial charge in [-0.05, 0) is 86.6 Å². The third-order valence-electron chi connectivity index (χ3n) is 9.16. The Kier molecular flexibility index (Phi) is 11.2. The quantitative estimate of drug-likeness (QED) is 0.113. The Morgan fingerprint density at radius 3 is 2.63 bits per heavy atom. The van der Waals surface area contributed by atoms with Crippen LogP contribution in [-0.2, 0) is 21.4 Å². The number of fused-ring (bicyclic) bond motifs is 1. The summed E-state index contributed by atoms with van der Waals surface area (Å²) in [6.45, 7) is 13.6. The fourth-order valence-electron chi connectivity index (χ4n) is 7.26. The van der Waals surface area contributed by atoms with E-state index >= 15 is 0 Å². The molecule has 5 nitrogen and oxygen atoms in total. The first-order valence-corrected chi connectivity index (χ1v) is 15.8. The number of unbranched alkanes of at least 4 members (excludes halogenated alkanes) is 2. The summed E-state index contributed by atoms with van der Waals surface area (Å²) in [5.41, 5.74) is 2.59. The third-order valence-corrected chi connectivity index (χ3v) is 9.16. The van der Waals surface area contributed by atoms with E-state index in [1.807, 2.05) is 18.2 Å². The molecule has 41 heavy (non-hydrogen) atoms. The minimum absolute atomic E-state index is 0.0397. The molecule has 2 aromatic rings. The molecule has 5 heteroatoms. The number of benzene rings is 2. The smallest absolute Gasteiger partial charge is 0.308 e. The lowest BCUT2D eigenvalue weighted by Crippen LogP contribution is -2.57. The Balaban J connectivity index is 1.49. The summed E-state index contributed by atoms with van der Waals surface area (Å²) in [5, 5.41) is 0. The number of carbonyl (C=O) groups excluding carboxylic acids is 2. The van der Waals surface area contributed by atoms with E-state index in [1.165, 1.54) is 18.1 Å². The number of carbonyl (C=O) groups is 2. The van der Waals surface area contributed by atoms with Crippen LogP contribution in [0.1, 0.15) is 83.3 Å². The van der Waals surface area contributed by atoms with Crippen molar-refractivity contribution in [3.63, 3.8) is 0 Å². The summed E-state index contributed by atoms with van der Waals surface area (Å²) in [5.74, 6) is 1.55. The molecule has 0 bridgehead atoms. The summed E-state index contributed by atoms with van der Waals surface area (Å²) >= 11 is 0. The lowest BCUT2D eigenvalue weighted by molar-refractivity contribution is -0.136. The Bertz CT molecular complexity index is 1150. The second-order valence-corrected chi connectivity index (χ2v) is 12.7. The Hall–Kier alpha value is -2.92. The number of rotatable bonds is 13. The van der Waals surface area contributed by atoms with Gasteiger partial charge < -0.3 is 9.64 Å². The molecule has 1 saturated carbocycles. The molecular formula is C36H50N2O3. The molecule has 1 aliphatic carbocycles. The summed E-state index contributed by atoms with van der Waals surface area (Å²) in [4.78, 5) is 30.3. The molecule has 222 valence electrons. The number of aryl methyl sites for hydroxylation is 1. The molecule has 1 amide bonds. The molecule has 1 heterocycles. The van der Waals surface area contributed by atoms with E-state index in [4.69, 9.17) is 4.74 Å². The minimum atomic E-state index is -0.295. The molecule has 0 spiro atoms. The first-order valence-electron chi connectivity index (χ1n) is 15.8. The molecule has 2 fully saturated rings. The van der Waals surface area contributed by atoms with E-state index in [9.17, 15) is 9.59 Å². The van der Waals surface area contributed by atoms with Crippen LogP contribution in [0.4, 0.5) is 0 Å². The van der Waals surface area contributed by atoms with Crippen molar-refractivity contribution in [2.24, 2.45) is 11.8 Å². The maximum atomic E-state index is 13.8. The Labute approximate surface area is 248 Å². The molecule has 2 aromatic carbocycles. The predicted molar refractivity (Wildman–Crippen MR) is 167 cm³/mol. The minimum Gasteiger partial charge on any atom is -0.427 e. The average Bonchev–Trinajstić information content (AvgIpc) is 2.96. The van der Waals surface area contributed by atoms with Gasteiger partial charge in [0.25, 0.3) is 0 Å². The number of piperidine rings is 1. The van der Waals surface area contributed by atoms with E-state index < -0.39 is 0 Å². The molecule has 4 rings (SSSR count). The normalized spacial score (nSPS) is 22.6. The highest BCUT2D eigenvalue weighted by Gasteiger charge is 2.49. The summed E-state index contributed by atoms with van der Waals surface area (Å²) in [6.07, 6.45) is 11.0. The Morgan fingerprint density at radius 1 is 1.10 bits per heavy atom. The molecule has 2 aliphatic rings. The fourth-order valence-corrected chi connectivity index (χ4v) is 7.26. The van der Waals surface area contributed by atoms with Crippen molar-refractivity contribution in [2.45, 2.75) is 90.0 Å². The number of hydrogen-bond donors (Lipinski definition) is 0. The first-order chi connectivity index (χ1) is 19.8. The van der Waals surface area contributed by atoms with Crippen molar-refractivity contribution >= 4 is 11.9 Å². The third kappa shape index (κ3) is 8.31. The van der Waals surface area contributed by atoms with Gasteiger partial charge in [0, 0.05) is 44.4 Å². The molecule has 3 atom stereocenters. The van der Waals surface area contributed by atoms with Gasteiger partial charge in [-0.15, -0.1) is 6.58 Å². The second-order valence-electron chi connectivity index (χ2n) is 12.7. The van der Waals surface area contributed by atoms with E-state index in [0.717, 1.165) is 77.5 Å². The lowest BCUT2D eigenvalue weighted by Gasteiger charge is -2.54. The lowest BCUT2D eigenvalue weighted by atomic mass is 9.57. The van der Waals surface area contributed by atoms with Crippen LogP contribution in [0.15, 0.2) is 67.3 Å². The van der Waals surface area contributed by atoms with Crippen molar-refractivity contribution in [2.75, 3.05) is 26.2 Å². The van der Waals surface area contributed by atoms with Gasteiger partial charge in [-0.25, -0.2) is 0 Å². The molecular weight excluding hydrogens is 508 g/mol. The first kappa shape index (κ1) is 31.0. The standard InChI is InChI=1S/C36H50N2O3/c1-5-22-37-23-21-36(31-16-12-17-34(24-31)41-29(4)39)25-33(20-19-32(36)27-37)38(26-28(2)3)35(40)18-11-7-10-15-30-13-8-6-9-14-30/h5-6,8-9,12-14,16-17,24,28,32-33H,1,7,10-11,15,18-23,25-27H2,2-4H3/t32-,33-,36+/m1/s1. The molecule has 1 saturated heterocycles. The van der Waals surface area contributed by atoms with Gasteiger partial charge in [0.2, 0.25) is 5.91 Å². The van der Waals surface area contributed by atoms with Crippen LogP contribution in [0.3, 0.4) is 0 Å². The Morgan fingerprint density at radius 2 is 1.90 bits per heavy atom. The van der Waals surface area contributed by atoms with Gasteiger partial charge in [-0.3, -0.25) is 14.5 Å². The zero-order valence-corrected chi connectivity index (χ0v) is 25.5. The van der Waals surface area contributed by atoms with Gasteiger partial charge in [0.1, 0.15) is 5.75 Å². The second kappa shape index (κ2) is 14.8. The summed E-state index contributed by atoms with van der Waals surface area (Å²) < 4.78 is 5.51. The number of esters is 1. The fraction of sp³-hybridized carbons (Fsp3) is 0.556. The molecule has 0 aromatic heterocycles. The number of amides is 1. The maximum Gasteiger partial charge on any atom is 0.308 e. The number of ether oxygens (including phenoxy) is 1. The molecule has 0 N–H and O–H groups in total. The number of hydrogen-bond acceptors (Lipinski definition) is 4. The average molecular weight is 559 g/mol. The summed E-state index contributed by atoms with van der Waals surface area (Å²) in [7, 11) is 0. The predicted octanol–water partition coefficient (Wildman–Crippen LogP) is 7.20. The largest absolute Gasteiger partial charge is 0.427 e. The van der Waals surface area contributed by atoms with E-state index in [1.54, 1.807) is 0 Å². The monoisotopic (exact) mass is 558 g/mol. The number of nitrogens with zero attached hydrogens (tertiary/aromatic N) is 2. The highest BCUT2D eigenvalue weighted by molar-refractivity contribution is 5.76. The molecule has 1 aliphatic heterocycles. The molecule has 0 unspecified atom stereocenters. The highest BCUT2D eigenvalue weighted by atomic mass is 16.5. The highest BCUT2D eigenvalue weighted by Crippen LogP contribution is 2.50. The zero-order valence-electron chi connectivity index (χ0n) is 25.5. The van der Waals surface area contributed by atoms with Gasteiger partial charge >= 0.3 is 5.97 Å².